The van der Waals surface area contributed by atoms with Crippen molar-refractivity contribution in [3.8, 4) is 5.75 Å². The molecular weight excluding hydrogens is 402 g/mol. The average Bonchev–Trinajstić information content (AvgIpc) is 3.05. The summed E-state index contributed by atoms with van der Waals surface area (Å²) < 4.78 is 6.31. The van der Waals surface area contributed by atoms with Gasteiger partial charge in [-0.05, 0) is 53.6 Å². The van der Waals surface area contributed by atoms with Crippen LogP contribution in [-0.4, -0.2) is 40.6 Å². The van der Waals surface area contributed by atoms with E-state index in [-0.39, 0.29) is 30.4 Å². The van der Waals surface area contributed by atoms with Gasteiger partial charge < -0.3 is 14.7 Å². The number of hydrogen-bond acceptors (Lipinski definition) is 3. The smallest absolute Gasteiger partial charge is 0.305 e. The molecule has 0 bridgehead atoms. The second-order valence-corrected chi connectivity index (χ2v) is 9.91. The van der Waals surface area contributed by atoms with Crippen molar-refractivity contribution in [3.63, 3.8) is 0 Å². The van der Waals surface area contributed by atoms with Crippen molar-refractivity contribution in [2.24, 2.45) is 5.92 Å². The minimum Gasteiger partial charge on any atom is -0.487 e. The molecule has 5 heteroatoms. The summed E-state index contributed by atoms with van der Waals surface area (Å²) in [4.78, 5) is 25.8. The molecule has 1 atom stereocenters. The normalized spacial score (nSPS) is 17.3. The second-order valence-electron chi connectivity index (χ2n) is 9.91. The molecule has 1 amide bonds. The summed E-state index contributed by atoms with van der Waals surface area (Å²) in [6.45, 7) is 11.3. The third kappa shape index (κ3) is 5.90. The van der Waals surface area contributed by atoms with Crippen molar-refractivity contribution >= 4 is 11.9 Å². The lowest BCUT2D eigenvalue weighted by Gasteiger charge is -2.24. The van der Waals surface area contributed by atoms with Crippen LogP contribution >= 0.6 is 0 Å². The van der Waals surface area contributed by atoms with Gasteiger partial charge in [-0.3, -0.25) is 9.59 Å². The molecule has 0 radical (unpaired) electrons. The minimum atomic E-state index is -0.897. The number of carboxylic acid groups (broad SMARTS) is 1. The number of aliphatic carboxylic acids is 1. The predicted octanol–water partition coefficient (Wildman–Crippen LogP) is 5.32. The summed E-state index contributed by atoms with van der Waals surface area (Å²) in [6, 6.07) is 14.3. The summed E-state index contributed by atoms with van der Waals surface area (Å²) in [5.74, 6) is 0.569. The molecule has 1 heterocycles. The maximum absolute atomic E-state index is 13.1. The Bertz CT molecular complexity index is 964. The fourth-order valence-electron chi connectivity index (χ4n) is 4.34. The summed E-state index contributed by atoms with van der Waals surface area (Å²) in [5, 5.41) is 9.04. The van der Waals surface area contributed by atoms with E-state index in [9.17, 15) is 9.59 Å². The van der Waals surface area contributed by atoms with Gasteiger partial charge in [0.05, 0.1) is 6.42 Å². The molecule has 2 aromatic carbocycles. The number of carboxylic acids is 1. The number of fused-ring (bicyclic) bond motifs is 1. The van der Waals surface area contributed by atoms with E-state index < -0.39 is 5.97 Å². The van der Waals surface area contributed by atoms with Crippen LogP contribution in [0.4, 0.5) is 0 Å². The molecule has 0 fully saturated rings. The molecule has 2 aromatic rings. The number of carbonyl (C=O) groups excluding carboxylic acids is 1. The Labute approximate surface area is 191 Å². The maximum Gasteiger partial charge on any atom is 0.305 e. The molecule has 1 N–H and O–H groups in total. The minimum absolute atomic E-state index is 0.0554. The van der Waals surface area contributed by atoms with Gasteiger partial charge in [-0.15, -0.1) is 0 Å². The number of amides is 1. The van der Waals surface area contributed by atoms with E-state index in [0.717, 1.165) is 24.2 Å². The van der Waals surface area contributed by atoms with E-state index in [1.165, 1.54) is 11.1 Å². The molecule has 32 heavy (non-hydrogen) atoms. The molecule has 0 unspecified atom stereocenters. The molecule has 5 nitrogen and oxygen atoms in total. The van der Waals surface area contributed by atoms with Gasteiger partial charge in [0.1, 0.15) is 11.4 Å². The first-order valence-corrected chi connectivity index (χ1v) is 11.5. The fourth-order valence-corrected chi connectivity index (χ4v) is 4.34. The largest absolute Gasteiger partial charge is 0.487 e. The number of hydrogen-bond donors (Lipinski definition) is 1. The lowest BCUT2D eigenvalue weighted by molar-refractivity contribution is -0.137. The zero-order valence-corrected chi connectivity index (χ0v) is 19.9. The van der Waals surface area contributed by atoms with E-state index in [1.807, 2.05) is 26.0 Å². The summed E-state index contributed by atoms with van der Waals surface area (Å²) in [5.41, 5.74) is 3.82. The maximum atomic E-state index is 13.1. The van der Waals surface area contributed by atoms with Gasteiger partial charge in [0, 0.05) is 31.5 Å². The Kier molecular flexibility index (Phi) is 7.27. The number of carbonyl (C=O) groups is 2. The molecule has 1 aliphatic heterocycles. The van der Waals surface area contributed by atoms with Crippen molar-refractivity contribution in [1.29, 1.82) is 0 Å². The standard InChI is InChI=1S/C27H35NO4/c1-18(2)17-28(13-12-25(29)30)26(31)22-10-11-24-23(14-22)16-27(5,32-24)15-20-6-8-21(9-7-20)19(3)4/h6-11,14,18-19H,12-13,15-17H2,1-5H3,(H,29,30)/t27-/m0/s1. The van der Waals surface area contributed by atoms with E-state index in [0.29, 0.717) is 18.0 Å². The van der Waals surface area contributed by atoms with Crippen LogP contribution < -0.4 is 4.74 Å². The first kappa shape index (κ1) is 23.8. The Hall–Kier alpha value is -2.82. The van der Waals surface area contributed by atoms with E-state index in [1.54, 1.807) is 11.0 Å². The zero-order chi connectivity index (χ0) is 23.5. The topological polar surface area (TPSA) is 66.8 Å². The Balaban J connectivity index is 1.73. The average molecular weight is 438 g/mol. The molecule has 0 spiro atoms. The Morgan fingerprint density at radius 3 is 2.38 bits per heavy atom. The predicted molar refractivity (Wildman–Crippen MR) is 126 cm³/mol. The zero-order valence-electron chi connectivity index (χ0n) is 19.9. The first-order valence-electron chi connectivity index (χ1n) is 11.5. The number of rotatable bonds is 9. The Morgan fingerprint density at radius 2 is 1.78 bits per heavy atom. The van der Waals surface area contributed by atoms with Crippen molar-refractivity contribution in [2.75, 3.05) is 13.1 Å². The van der Waals surface area contributed by atoms with Crippen LogP contribution in [0.1, 0.15) is 74.0 Å². The Morgan fingerprint density at radius 1 is 1.09 bits per heavy atom. The highest BCUT2D eigenvalue weighted by Gasteiger charge is 2.35. The molecule has 0 saturated carbocycles. The lowest BCUT2D eigenvalue weighted by atomic mass is 9.90. The molecule has 172 valence electrons. The van der Waals surface area contributed by atoms with Crippen molar-refractivity contribution in [3.05, 3.63) is 64.7 Å². The molecule has 0 aromatic heterocycles. The first-order chi connectivity index (χ1) is 15.1. The van der Waals surface area contributed by atoms with Crippen LogP contribution in [0.5, 0.6) is 5.75 Å². The lowest BCUT2D eigenvalue weighted by Crippen LogP contribution is -2.36. The monoisotopic (exact) mass is 437 g/mol. The van der Waals surface area contributed by atoms with Crippen molar-refractivity contribution in [2.45, 2.75) is 65.4 Å². The third-order valence-corrected chi connectivity index (χ3v) is 5.92. The quantitative estimate of drug-likeness (QED) is 0.577. The van der Waals surface area contributed by atoms with Gasteiger partial charge in [-0.25, -0.2) is 0 Å². The van der Waals surface area contributed by atoms with Crippen molar-refractivity contribution < 1.29 is 19.4 Å². The molecular formula is C27H35NO4. The van der Waals surface area contributed by atoms with Crippen LogP contribution in [0, 0.1) is 5.92 Å². The van der Waals surface area contributed by atoms with Gasteiger partial charge in [0.2, 0.25) is 0 Å². The van der Waals surface area contributed by atoms with Crippen LogP contribution in [-0.2, 0) is 17.6 Å². The van der Waals surface area contributed by atoms with Crippen LogP contribution in [0.3, 0.4) is 0 Å². The summed E-state index contributed by atoms with van der Waals surface area (Å²) in [6.07, 6.45) is 1.47. The summed E-state index contributed by atoms with van der Waals surface area (Å²) >= 11 is 0. The van der Waals surface area contributed by atoms with E-state index in [4.69, 9.17) is 9.84 Å². The van der Waals surface area contributed by atoms with Crippen LogP contribution in [0.2, 0.25) is 0 Å². The van der Waals surface area contributed by atoms with E-state index in [2.05, 4.69) is 45.0 Å². The van der Waals surface area contributed by atoms with Crippen LogP contribution in [0.15, 0.2) is 42.5 Å². The third-order valence-electron chi connectivity index (χ3n) is 5.92. The van der Waals surface area contributed by atoms with Crippen LogP contribution in [0.25, 0.3) is 0 Å². The fraction of sp³-hybridized carbons (Fsp3) is 0.481. The molecule has 0 saturated heterocycles. The van der Waals surface area contributed by atoms with Gasteiger partial charge in [-0.1, -0.05) is 52.0 Å². The highest BCUT2D eigenvalue weighted by molar-refractivity contribution is 5.95. The number of nitrogens with zero attached hydrogens (tertiary/aromatic N) is 1. The summed E-state index contributed by atoms with van der Waals surface area (Å²) in [7, 11) is 0. The van der Waals surface area contributed by atoms with Gasteiger partial charge in [0.15, 0.2) is 0 Å². The molecule has 0 aliphatic carbocycles. The highest BCUT2D eigenvalue weighted by atomic mass is 16.5. The second kappa shape index (κ2) is 9.76. The highest BCUT2D eigenvalue weighted by Crippen LogP contribution is 2.37. The number of ether oxygens (including phenoxy) is 1. The number of benzene rings is 2. The van der Waals surface area contributed by atoms with Gasteiger partial charge >= 0.3 is 5.97 Å². The van der Waals surface area contributed by atoms with Gasteiger partial charge in [0.25, 0.3) is 5.91 Å². The van der Waals surface area contributed by atoms with Gasteiger partial charge in [-0.2, -0.15) is 0 Å². The molecule has 3 rings (SSSR count). The van der Waals surface area contributed by atoms with Crippen molar-refractivity contribution in [1.82, 2.24) is 4.90 Å². The van der Waals surface area contributed by atoms with E-state index >= 15 is 0 Å². The molecule has 1 aliphatic rings. The SMILES string of the molecule is CC(C)CN(CCC(=O)O)C(=O)c1ccc2c(c1)C[C@](C)(Cc1ccc(C(C)C)cc1)O2.